The van der Waals surface area contributed by atoms with Crippen LogP contribution in [-0.4, -0.2) is 42.1 Å². The third-order valence-electron chi connectivity index (χ3n) is 3.37. The van der Waals surface area contributed by atoms with Gasteiger partial charge in [0.05, 0.1) is 6.04 Å². The maximum absolute atomic E-state index is 12.0. The number of phenolic OH excluding ortho intramolecular Hbond substituents is 1. The molecule has 0 heterocycles. The van der Waals surface area contributed by atoms with Gasteiger partial charge >= 0.3 is 0 Å². The topological polar surface area (TPSA) is 52.6 Å². The van der Waals surface area contributed by atoms with Gasteiger partial charge in [0.2, 0.25) is 5.91 Å². The van der Waals surface area contributed by atoms with Crippen molar-refractivity contribution in [1.29, 1.82) is 0 Å². The highest BCUT2D eigenvalue weighted by Gasteiger charge is 2.19. The van der Waals surface area contributed by atoms with Crippen molar-refractivity contribution in [2.24, 2.45) is 0 Å². The number of carbonyl (C=O) groups excluding carboxylic acids is 1. The Hall–Kier alpha value is -1.55. The zero-order valence-corrected chi connectivity index (χ0v) is 12.0. The van der Waals surface area contributed by atoms with E-state index in [0.29, 0.717) is 6.54 Å². The Kier molecular flexibility index (Phi) is 6.36. The highest BCUT2D eigenvalue weighted by molar-refractivity contribution is 5.81. The lowest BCUT2D eigenvalue weighted by molar-refractivity contribution is -0.126. The van der Waals surface area contributed by atoms with Crippen LogP contribution in [0.5, 0.6) is 5.75 Å². The van der Waals surface area contributed by atoms with E-state index < -0.39 is 0 Å². The Balaban J connectivity index is 2.39. The SMILES string of the molecule is CCC(C(=O)NCCc1ccc(O)cc1)N(C)CC. The summed E-state index contributed by atoms with van der Waals surface area (Å²) in [6.45, 7) is 5.56. The summed E-state index contributed by atoms with van der Waals surface area (Å²) in [7, 11) is 1.97. The summed E-state index contributed by atoms with van der Waals surface area (Å²) in [5.41, 5.74) is 1.11. The largest absolute Gasteiger partial charge is 0.508 e. The van der Waals surface area contributed by atoms with Crippen molar-refractivity contribution in [3.8, 4) is 5.75 Å². The summed E-state index contributed by atoms with van der Waals surface area (Å²) in [4.78, 5) is 14.1. The summed E-state index contributed by atoms with van der Waals surface area (Å²) in [5.74, 6) is 0.356. The first-order chi connectivity index (χ1) is 9.08. The van der Waals surface area contributed by atoms with Gasteiger partial charge in [0, 0.05) is 6.54 Å². The predicted octanol–water partition coefficient (Wildman–Crippen LogP) is 1.78. The molecule has 2 N–H and O–H groups in total. The first-order valence-electron chi connectivity index (χ1n) is 6.84. The van der Waals surface area contributed by atoms with Crippen LogP contribution in [0.15, 0.2) is 24.3 Å². The first-order valence-corrected chi connectivity index (χ1v) is 6.84. The van der Waals surface area contributed by atoms with E-state index in [1.54, 1.807) is 12.1 Å². The Bertz CT molecular complexity index is 390. The molecule has 106 valence electrons. The molecule has 0 aliphatic heterocycles. The third-order valence-corrected chi connectivity index (χ3v) is 3.37. The van der Waals surface area contributed by atoms with Crippen LogP contribution in [0.4, 0.5) is 0 Å². The molecule has 0 saturated heterocycles. The van der Waals surface area contributed by atoms with E-state index in [9.17, 15) is 9.90 Å². The lowest BCUT2D eigenvalue weighted by Crippen LogP contribution is -2.45. The Labute approximate surface area is 115 Å². The zero-order valence-electron chi connectivity index (χ0n) is 12.0. The highest BCUT2D eigenvalue weighted by Crippen LogP contribution is 2.09. The summed E-state index contributed by atoms with van der Waals surface area (Å²) in [5, 5.41) is 12.2. The molecule has 0 aliphatic rings. The molecule has 1 aromatic rings. The number of hydrogen-bond donors (Lipinski definition) is 2. The number of likely N-dealkylation sites (N-methyl/N-ethyl adjacent to an activating group) is 1. The number of hydrogen-bond acceptors (Lipinski definition) is 3. The molecular formula is C15H24N2O2. The smallest absolute Gasteiger partial charge is 0.237 e. The lowest BCUT2D eigenvalue weighted by Gasteiger charge is -2.24. The number of benzene rings is 1. The predicted molar refractivity (Wildman–Crippen MR) is 77.2 cm³/mol. The molecule has 1 aromatic carbocycles. The number of nitrogens with one attached hydrogen (secondary N) is 1. The molecule has 0 aliphatic carbocycles. The van der Waals surface area contributed by atoms with Crippen molar-refractivity contribution < 1.29 is 9.90 Å². The van der Waals surface area contributed by atoms with Crippen LogP contribution in [-0.2, 0) is 11.2 Å². The summed E-state index contributed by atoms with van der Waals surface area (Å²) in [6.07, 6.45) is 1.59. The molecule has 1 atom stereocenters. The van der Waals surface area contributed by atoms with Gasteiger partial charge in [0.1, 0.15) is 5.75 Å². The average molecular weight is 264 g/mol. The zero-order chi connectivity index (χ0) is 14.3. The summed E-state index contributed by atoms with van der Waals surface area (Å²) >= 11 is 0. The Morgan fingerprint density at radius 2 is 1.95 bits per heavy atom. The van der Waals surface area contributed by atoms with Gasteiger partial charge in [-0.1, -0.05) is 26.0 Å². The van der Waals surface area contributed by atoms with E-state index in [0.717, 1.165) is 24.9 Å². The Morgan fingerprint density at radius 1 is 1.32 bits per heavy atom. The molecule has 1 rings (SSSR count). The van der Waals surface area contributed by atoms with Crippen LogP contribution < -0.4 is 5.32 Å². The molecule has 0 saturated carbocycles. The molecule has 4 nitrogen and oxygen atoms in total. The minimum atomic E-state index is -0.0511. The molecule has 1 amide bonds. The van der Waals surface area contributed by atoms with Crippen molar-refractivity contribution in [1.82, 2.24) is 10.2 Å². The van der Waals surface area contributed by atoms with Crippen molar-refractivity contribution >= 4 is 5.91 Å². The number of nitrogens with zero attached hydrogens (tertiary/aromatic N) is 1. The number of amides is 1. The van der Waals surface area contributed by atoms with E-state index in [1.165, 1.54) is 0 Å². The second-order valence-electron chi connectivity index (χ2n) is 4.70. The molecule has 0 bridgehead atoms. The van der Waals surface area contributed by atoms with E-state index in [4.69, 9.17) is 0 Å². The number of rotatable bonds is 7. The van der Waals surface area contributed by atoms with Crippen LogP contribution in [0.2, 0.25) is 0 Å². The minimum Gasteiger partial charge on any atom is -0.508 e. The van der Waals surface area contributed by atoms with Crippen LogP contribution in [0, 0.1) is 0 Å². The van der Waals surface area contributed by atoms with Crippen molar-refractivity contribution in [3.05, 3.63) is 29.8 Å². The minimum absolute atomic E-state index is 0.0511. The van der Waals surface area contributed by atoms with Crippen molar-refractivity contribution in [2.45, 2.75) is 32.7 Å². The third kappa shape index (κ3) is 4.91. The molecule has 0 fully saturated rings. The molecule has 4 heteroatoms. The summed E-state index contributed by atoms with van der Waals surface area (Å²) < 4.78 is 0. The maximum atomic E-state index is 12.0. The fraction of sp³-hybridized carbons (Fsp3) is 0.533. The van der Waals surface area contributed by atoms with E-state index in [-0.39, 0.29) is 17.7 Å². The molecule has 19 heavy (non-hydrogen) atoms. The standard InChI is InChI=1S/C15H24N2O2/c1-4-14(17(3)5-2)15(19)16-11-10-12-6-8-13(18)9-7-12/h6-9,14,18H,4-5,10-11H2,1-3H3,(H,16,19). The van der Waals surface area contributed by atoms with Gasteiger partial charge in [0.25, 0.3) is 0 Å². The normalized spacial score (nSPS) is 12.4. The van der Waals surface area contributed by atoms with E-state index in [1.807, 2.05) is 33.0 Å². The first kappa shape index (κ1) is 15.5. The second-order valence-corrected chi connectivity index (χ2v) is 4.70. The van der Waals surface area contributed by atoms with E-state index >= 15 is 0 Å². The van der Waals surface area contributed by atoms with Crippen molar-refractivity contribution in [3.63, 3.8) is 0 Å². The second kappa shape index (κ2) is 7.79. The van der Waals surface area contributed by atoms with Gasteiger partial charge in [-0.25, -0.2) is 0 Å². The molecular weight excluding hydrogens is 240 g/mol. The Morgan fingerprint density at radius 3 is 2.47 bits per heavy atom. The van der Waals surface area contributed by atoms with Crippen LogP contribution in [0.25, 0.3) is 0 Å². The maximum Gasteiger partial charge on any atom is 0.237 e. The lowest BCUT2D eigenvalue weighted by atomic mass is 10.1. The fourth-order valence-corrected chi connectivity index (χ4v) is 2.03. The molecule has 1 unspecified atom stereocenters. The number of carbonyl (C=O) groups is 1. The van der Waals surface area contributed by atoms with Crippen LogP contribution in [0.3, 0.4) is 0 Å². The van der Waals surface area contributed by atoms with E-state index in [2.05, 4.69) is 10.2 Å². The van der Waals surface area contributed by atoms with Gasteiger partial charge in [-0.05, 0) is 44.1 Å². The summed E-state index contributed by atoms with van der Waals surface area (Å²) in [6, 6.07) is 7.02. The van der Waals surface area contributed by atoms with Crippen LogP contribution in [0.1, 0.15) is 25.8 Å². The molecule has 0 radical (unpaired) electrons. The quantitative estimate of drug-likeness (QED) is 0.789. The average Bonchev–Trinajstić information content (AvgIpc) is 2.41. The monoisotopic (exact) mass is 264 g/mol. The van der Waals surface area contributed by atoms with Gasteiger partial charge in [-0.2, -0.15) is 0 Å². The van der Waals surface area contributed by atoms with Gasteiger partial charge in [-0.3, -0.25) is 9.69 Å². The van der Waals surface area contributed by atoms with Gasteiger partial charge in [0.15, 0.2) is 0 Å². The highest BCUT2D eigenvalue weighted by atomic mass is 16.3. The van der Waals surface area contributed by atoms with Gasteiger partial charge < -0.3 is 10.4 Å². The molecule has 0 spiro atoms. The number of phenols is 1. The van der Waals surface area contributed by atoms with Crippen LogP contribution >= 0.6 is 0 Å². The van der Waals surface area contributed by atoms with Crippen molar-refractivity contribution in [2.75, 3.05) is 20.1 Å². The van der Waals surface area contributed by atoms with Gasteiger partial charge in [-0.15, -0.1) is 0 Å². The fourth-order valence-electron chi connectivity index (χ4n) is 2.03. The number of aromatic hydroxyl groups is 1. The molecule has 0 aromatic heterocycles.